The molecule has 0 fully saturated rings. The molecule has 6 heteroatoms. The van der Waals surface area contributed by atoms with Gasteiger partial charge in [0.05, 0.1) is 0 Å². The van der Waals surface area contributed by atoms with Gasteiger partial charge in [-0.1, -0.05) is 0 Å². The van der Waals surface area contributed by atoms with Crippen molar-refractivity contribution in [2.24, 2.45) is 0 Å². The van der Waals surface area contributed by atoms with E-state index in [-0.39, 0.29) is 17.2 Å². The predicted octanol–water partition coefficient (Wildman–Crippen LogP) is 0.982. The van der Waals surface area contributed by atoms with Gasteiger partial charge < -0.3 is 15.3 Å². The van der Waals surface area contributed by atoms with Gasteiger partial charge in [-0.25, -0.2) is 9.48 Å². The molecule has 0 aliphatic heterocycles. The van der Waals surface area contributed by atoms with Gasteiger partial charge in [0.25, 0.3) is 0 Å². The monoisotopic (exact) mass is 220 g/mol. The Hall–Kier alpha value is -2.50. The SMILES string of the molecule is O=C(O)c1ccn(-c2ccc(O)cc2O)n1. The van der Waals surface area contributed by atoms with Crippen LogP contribution in [0.5, 0.6) is 11.5 Å². The minimum absolute atomic E-state index is 0.0770. The van der Waals surface area contributed by atoms with Gasteiger partial charge in [0, 0.05) is 12.3 Å². The number of aromatic hydroxyl groups is 2. The van der Waals surface area contributed by atoms with Gasteiger partial charge in [0.1, 0.15) is 17.2 Å². The van der Waals surface area contributed by atoms with E-state index in [1.165, 1.54) is 29.1 Å². The van der Waals surface area contributed by atoms with Crippen LogP contribution in [0.1, 0.15) is 10.5 Å². The minimum atomic E-state index is -1.14. The number of hydrogen-bond donors (Lipinski definition) is 3. The fourth-order valence-corrected chi connectivity index (χ4v) is 1.28. The third-order valence-electron chi connectivity index (χ3n) is 2.01. The van der Waals surface area contributed by atoms with Crippen LogP contribution in [0.2, 0.25) is 0 Å². The van der Waals surface area contributed by atoms with Crippen molar-refractivity contribution in [2.45, 2.75) is 0 Å². The highest BCUT2D eigenvalue weighted by Gasteiger charge is 2.10. The summed E-state index contributed by atoms with van der Waals surface area (Å²) in [6.45, 7) is 0. The first-order chi connectivity index (χ1) is 7.58. The van der Waals surface area contributed by atoms with Crippen molar-refractivity contribution in [1.29, 1.82) is 0 Å². The number of hydrogen-bond acceptors (Lipinski definition) is 4. The first-order valence-corrected chi connectivity index (χ1v) is 4.39. The smallest absolute Gasteiger partial charge is 0.356 e. The maximum absolute atomic E-state index is 10.6. The molecule has 2 rings (SSSR count). The molecule has 0 radical (unpaired) electrons. The van der Waals surface area contributed by atoms with Gasteiger partial charge >= 0.3 is 5.97 Å². The fourth-order valence-electron chi connectivity index (χ4n) is 1.28. The molecule has 0 atom stereocenters. The van der Waals surface area contributed by atoms with Crippen LogP contribution in [0.3, 0.4) is 0 Å². The molecule has 0 bridgehead atoms. The first-order valence-electron chi connectivity index (χ1n) is 4.39. The third kappa shape index (κ3) is 1.68. The molecule has 2 aromatic rings. The van der Waals surface area contributed by atoms with Crippen LogP contribution in [0, 0.1) is 0 Å². The summed E-state index contributed by atoms with van der Waals surface area (Å²) in [5, 5.41) is 31.0. The molecule has 0 amide bonds. The molecule has 0 saturated carbocycles. The summed E-state index contributed by atoms with van der Waals surface area (Å²) < 4.78 is 1.22. The fraction of sp³-hybridized carbons (Fsp3) is 0. The second-order valence-corrected chi connectivity index (χ2v) is 3.12. The van der Waals surface area contributed by atoms with Crippen LogP contribution in [0.4, 0.5) is 0 Å². The van der Waals surface area contributed by atoms with E-state index in [1.807, 2.05) is 0 Å². The molecule has 1 heterocycles. The summed E-state index contributed by atoms with van der Waals surface area (Å²) in [6.07, 6.45) is 1.41. The highest BCUT2D eigenvalue weighted by molar-refractivity contribution is 5.85. The number of phenols is 2. The van der Waals surface area contributed by atoms with E-state index in [0.717, 1.165) is 6.07 Å². The van der Waals surface area contributed by atoms with Crippen molar-refractivity contribution in [3.8, 4) is 17.2 Å². The highest BCUT2D eigenvalue weighted by atomic mass is 16.4. The number of rotatable bonds is 2. The lowest BCUT2D eigenvalue weighted by atomic mass is 10.3. The molecule has 0 aliphatic rings. The zero-order chi connectivity index (χ0) is 11.7. The van der Waals surface area contributed by atoms with Gasteiger partial charge in [-0.05, 0) is 18.2 Å². The second-order valence-electron chi connectivity index (χ2n) is 3.12. The van der Waals surface area contributed by atoms with Crippen LogP contribution in [-0.2, 0) is 0 Å². The van der Waals surface area contributed by atoms with E-state index in [4.69, 9.17) is 10.2 Å². The number of aromatic carboxylic acids is 1. The topological polar surface area (TPSA) is 95.6 Å². The molecule has 6 nitrogen and oxygen atoms in total. The molecule has 1 aromatic carbocycles. The maximum atomic E-state index is 10.6. The summed E-state index contributed by atoms with van der Waals surface area (Å²) in [7, 11) is 0. The quantitative estimate of drug-likeness (QED) is 0.701. The number of carboxylic acids is 1. The normalized spacial score (nSPS) is 10.2. The molecule has 0 unspecified atom stereocenters. The molecule has 3 N–H and O–H groups in total. The lowest BCUT2D eigenvalue weighted by molar-refractivity contribution is 0.0690. The number of phenolic OH excluding ortho intramolecular Hbond substituents is 2. The van der Waals surface area contributed by atoms with Crippen molar-refractivity contribution < 1.29 is 20.1 Å². The number of carbonyl (C=O) groups is 1. The average molecular weight is 220 g/mol. The van der Waals surface area contributed by atoms with Crippen molar-refractivity contribution in [2.75, 3.05) is 0 Å². The number of nitrogens with zero attached hydrogens (tertiary/aromatic N) is 2. The van der Waals surface area contributed by atoms with E-state index < -0.39 is 5.97 Å². The Kier molecular flexibility index (Phi) is 2.24. The van der Waals surface area contributed by atoms with Crippen LogP contribution >= 0.6 is 0 Å². The van der Waals surface area contributed by atoms with Gasteiger partial charge in [-0.3, -0.25) is 0 Å². The Morgan fingerprint density at radius 1 is 1.25 bits per heavy atom. The van der Waals surface area contributed by atoms with E-state index in [9.17, 15) is 9.90 Å². The summed E-state index contributed by atoms with van der Waals surface area (Å²) in [5.41, 5.74) is 0.178. The summed E-state index contributed by atoms with van der Waals surface area (Å²) >= 11 is 0. The van der Waals surface area contributed by atoms with Crippen molar-refractivity contribution in [3.05, 3.63) is 36.2 Å². The lowest BCUT2D eigenvalue weighted by Gasteiger charge is -2.04. The molecular formula is C10H8N2O4. The number of aromatic nitrogens is 2. The van der Waals surface area contributed by atoms with E-state index in [0.29, 0.717) is 5.69 Å². The largest absolute Gasteiger partial charge is 0.508 e. The summed E-state index contributed by atoms with van der Waals surface area (Å²) in [6, 6.07) is 5.27. The molecule has 16 heavy (non-hydrogen) atoms. The predicted molar refractivity (Wildman–Crippen MR) is 53.9 cm³/mol. The molecule has 0 spiro atoms. The highest BCUT2D eigenvalue weighted by Crippen LogP contribution is 2.25. The zero-order valence-electron chi connectivity index (χ0n) is 8.03. The number of benzene rings is 1. The summed E-state index contributed by atoms with van der Waals surface area (Å²) in [4.78, 5) is 10.6. The van der Waals surface area contributed by atoms with E-state index in [2.05, 4.69) is 5.10 Å². The Bertz CT molecular complexity index is 548. The zero-order valence-corrected chi connectivity index (χ0v) is 8.03. The van der Waals surface area contributed by atoms with Crippen molar-refractivity contribution >= 4 is 5.97 Å². The average Bonchev–Trinajstić information content (AvgIpc) is 2.66. The maximum Gasteiger partial charge on any atom is 0.356 e. The molecule has 1 aromatic heterocycles. The van der Waals surface area contributed by atoms with Crippen LogP contribution < -0.4 is 0 Å². The Morgan fingerprint density at radius 2 is 2.00 bits per heavy atom. The second kappa shape index (κ2) is 3.58. The van der Waals surface area contributed by atoms with Crippen molar-refractivity contribution in [3.63, 3.8) is 0 Å². The Balaban J connectivity index is 2.46. The molecule has 82 valence electrons. The van der Waals surface area contributed by atoms with Gasteiger partial charge in [-0.2, -0.15) is 5.10 Å². The van der Waals surface area contributed by atoms with Crippen LogP contribution in [-0.4, -0.2) is 31.1 Å². The molecular weight excluding hydrogens is 212 g/mol. The molecule has 0 saturated heterocycles. The lowest BCUT2D eigenvalue weighted by Crippen LogP contribution is -2.00. The standard InChI is InChI=1S/C10H8N2O4/c13-6-1-2-8(9(14)5-6)12-4-3-7(11-12)10(15)16/h1-5,13-14H,(H,15,16). The van der Waals surface area contributed by atoms with E-state index >= 15 is 0 Å². The molecule has 0 aliphatic carbocycles. The summed E-state index contributed by atoms with van der Waals surface area (Å²) in [5.74, 6) is -1.40. The van der Waals surface area contributed by atoms with Gasteiger partial charge in [-0.15, -0.1) is 0 Å². The van der Waals surface area contributed by atoms with E-state index in [1.54, 1.807) is 0 Å². The number of carboxylic acid groups (broad SMARTS) is 1. The van der Waals surface area contributed by atoms with Gasteiger partial charge in [0.15, 0.2) is 5.69 Å². The van der Waals surface area contributed by atoms with Crippen molar-refractivity contribution in [1.82, 2.24) is 9.78 Å². The third-order valence-corrected chi connectivity index (χ3v) is 2.01. The Morgan fingerprint density at radius 3 is 2.56 bits per heavy atom. The van der Waals surface area contributed by atoms with Crippen LogP contribution in [0.15, 0.2) is 30.5 Å². The first kappa shape index (κ1) is 10.0. The minimum Gasteiger partial charge on any atom is -0.508 e. The Labute approximate surface area is 90.0 Å². The van der Waals surface area contributed by atoms with Crippen LogP contribution in [0.25, 0.3) is 5.69 Å². The van der Waals surface area contributed by atoms with Gasteiger partial charge in [0.2, 0.25) is 0 Å².